The van der Waals surface area contributed by atoms with E-state index in [1.54, 1.807) is 11.8 Å². The summed E-state index contributed by atoms with van der Waals surface area (Å²) < 4.78 is 6.16. The first-order valence-electron chi connectivity index (χ1n) is 14.0. The zero-order valence-electron chi connectivity index (χ0n) is 25.0. The van der Waals surface area contributed by atoms with Crippen molar-refractivity contribution < 1.29 is 19.4 Å². The molecule has 3 aromatic carbocycles. The maximum Gasteiger partial charge on any atom is 0.286 e. The number of hydrogen-bond donors (Lipinski definition) is 3. The van der Waals surface area contributed by atoms with Gasteiger partial charge < -0.3 is 14.8 Å². The van der Waals surface area contributed by atoms with Gasteiger partial charge in [-0.2, -0.15) is 0 Å². The highest BCUT2D eigenvalue weighted by Crippen LogP contribution is 2.43. The summed E-state index contributed by atoms with van der Waals surface area (Å²) in [6.45, 7) is 14.7. The van der Waals surface area contributed by atoms with Crippen molar-refractivity contribution >= 4 is 45.7 Å². The lowest BCUT2D eigenvalue weighted by molar-refractivity contribution is -0.118. The number of imide groups is 1. The van der Waals surface area contributed by atoms with Gasteiger partial charge in [0, 0.05) is 20.9 Å². The van der Waals surface area contributed by atoms with Crippen LogP contribution in [0, 0.1) is 0 Å². The van der Waals surface area contributed by atoms with E-state index in [0.717, 1.165) is 55.1 Å². The molecule has 0 bridgehead atoms. The van der Waals surface area contributed by atoms with Crippen LogP contribution in [-0.4, -0.2) is 31.5 Å². The molecule has 1 fully saturated rings. The summed E-state index contributed by atoms with van der Waals surface area (Å²) in [5.41, 5.74) is 4.26. The largest absolute Gasteiger partial charge is 0.507 e. The first-order chi connectivity index (χ1) is 19.7. The first-order valence-corrected chi connectivity index (χ1v) is 15.7. The molecule has 0 radical (unpaired) electrons. The average molecular weight is 604 g/mol. The number of phenolic OH excluding ortho intramolecular Hbond substituents is 1. The summed E-state index contributed by atoms with van der Waals surface area (Å²) in [5.74, 6) is 1.56. The van der Waals surface area contributed by atoms with E-state index in [0.29, 0.717) is 17.9 Å². The normalized spacial score (nSPS) is 16.6. The first kappa shape index (κ1) is 30.0. The number of fused-ring (bicyclic) bond motifs is 1. The lowest BCUT2D eigenvalue weighted by Gasteiger charge is -2.28. The number of hydrogen-bond acceptors (Lipinski definition) is 7. The van der Waals surface area contributed by atoms with Crippen LogP contribution in [0.25, 0.3) is 11.0 Å². The number of phenols is 1. The number of aromatic nitrogens is 2. The molecule has 0 saturated carbocycles. The molecular weight excluding hydrogens is 567 g/mol. The Morgan fingerprint density at radius 1 is 0.952 bits per heavy atom. The third-order valence-electron chi connectivity index (χ3n) is 7.22. The Kier molecular flexibility index (Phi) is 8.11. The lowest BCUT2D eigenvalue weighted by Crippen LogP contribution is -2.25. The minimum Gasteiger partial charge on any atom is -0.507 e. The van der Waals surface area contributed by atoms with Crippen molar-refractivity contribution in [3.05, 3.63) is 77.1 Å². The molecule has 5 rings (SSSR count). The van der Waals surface area contributed by atoms with Crippen LogP contribution in [0.2, 0.25) is 0 Å². The molecule has 9 heteroatoms. The van der Waals surface area contributed by atoms with Gasteiger partial charge in [0.1, 0.15) is 17.3 Å². The van der Waals surface area contributed by atoms with Crippen molar-refractivity contribution in [3.63, 3.8) is 0 Å². The molecule has 3 N–H and O–H groups in total. The van der Waals surface area contributed by atoms with Gasteiger partial charge in [0.05, 0.1) is 16.3 Å². The molecule has 42 heavy (non-hydrogen) atoms. The second-order valence-corrected chi connectivity index (χ2v) is 15.1. The molecule has 1 saturated heterocycles. The number of carbonyl (C=O) groups excluding carboxylic acids is 2. The Balaban J connectivity index is 1.31. The van der Waals surface area contributed by atoms with Gasteiger partial charge in [0.2, 0.25) is 5.91 Å². The Labute approximate surface area is 255 Å². The highest BCUT2D eigenvalue weighted by Gasteiger charge is 2.31. The van der Waals surface area contributed by atoms with Crippen LogP contribution in [-0.2, 0) is 22.0 Å². The van der Waals surface area contributed by atoms with E-state index in [1.165, 1.54) is 0 Å². The second kappa shape index (κ2) is 11.3. The van der Waals surface area contributed by atoms with Gasteiger partial charge in [-0.25, -0.2) is 4.98 Å². The highest BCUT2D eigenvalue weighted by molar-refractivity contribution is 8.15. The molecule has 0 aliphatic carbocycles. The monoisotopic (exact) mass is 603 g/mol. The zero-order valence-corrected chi connectivity index (χ0v) is 26.6. The van der Waals surface area contributed by atoms with Gasteiger partial charge in [-0.15, -0.1) is 0 Å². The average Bonchev–Trinajstić information content (AvgIpc) is 3.46. The quantitative estimate of drug-likeness (QED) is 0.196. The molecule has 2 atom stereocenters. The number of benzene rings is 3. The van der Waals surface area contributed by atoms with E-state index in [9.17, 15) is 14.7 Å². The number of imidazole rings is 1. The Morgan fingerprint density at radius 2 is 1.60 bits per heavy atom. The van der Waals surface area contributed by atoms with Crippen molar-refractivity contribution in [1.82, 2.24) is 15.3 Å². The number of amides is 2. The SMILES string of the molecule is CC(Oc1ccc(CC2SC(=O)NC2=O)cc1)c1nc2ccc(Sc3cc(C(C)(C)C)c(O)c(C(C)(C)C)c3)cc2[nH]1. The van der Waals surface area contributed by atoms with Crippen molar-refractivity contribution in [1.29, 1.82) is 0 Å². The van der Waals surface area contributed by atoms with Gasteiger partial charge in [-0.3, -0.25) is 14.9 Å². The maximum absolute atomic E-state index is 11.9. The number of aromatic hydroxyl groups is 1. The van der Waals surface area contributed by atoms with E-state index in [-0.39, 0.29) is 28.1 Å². The second-order valence-electron chi connectivity index (χ2n) is 12.8. The van der Waals surface area contributed by atoms with E-state index >= 15 is 0 Å². The summed E-state index contributed by atoms with van der Waals surface area (Å²) in [6.07, 6.45) is 0.176. The fourth-order valence-electron chi connectivity index (χ4n) is 4.92. The maximum atomic E-state index is 11.9. The number of ether oxygens (including phenoxy) is 1. The van der Waals surface area contributed by atoms with Gasteiger partial charge in [0.25, 0.3) is 5.24 Å². The number of H-pyrrole nitrogens is 1. The highest BCUT2D eigenvalue weighted by atomic mass is 32.2. The molecule has 0 spiro atoms. The van der Waals surface area contributed by atoms with Crippen LogP contribution < -0.4 is 10.1 Å². The van der Waals surface area contributed by atoms with Crippen molar-refractivity contribution in [2.24, 2.45) is 0 Å². The molecule has 1 aliphatic heterocycles. The summed E-state index contributed by atoms with van der Waals surface area (Å²) >= 11 is 2.70. The summed E-state index contributed by atoms with van der Waals surface area (Å²) in [4.78, 5) is 33.6. The van der Waals surface area contributed by atoms with Crippen LogP contribution >= 0.6 is 23.5 Å². The van der Waals surface area contributed by atoms with Gasteiger partial charge in [-0.05, 0) is 72.2 Å². The van der Waals surface area contributed by atoms with Crippen LogP contribution in [0.1, 0.15) is 77.1 Å². The van der Waals surface area contributed by atoms with Crippen LogP contribution in [0.3, 0.4) is 0 Å². The smallest absolute Gasteiger partial charge is 0.286 e. The Bertz CT molecular complexity index is 1610. The van der Waals surface area contributed by atoms with Gasteiger partial charge in [0.15, 0.2) is 6.10 Å². The predicted molar refractivity (Wildman–Crippen MR) is 170 cm³/mol. The number of rotatable bonds is 7. The van der Waals surface area contributed by atoms with Crippen LogP contribution in [0.5, 0.6) is 11.5 Å². The van der Waals surface area contributed by atoms with Gasteiger partial charge in [-0.1, -0.05) is 77.2 Å². The van der Waals surface area contributed by atoms with Crippen LogP contribution in [0.15, 0.2) is 64.4 Å². The number of thioether (sulfide) groups is 1. The van der Waals surface area contributed by atoms with Gasteiger partial charge >= 0.3 is 0 Å². The molecule has 220 valence electrons. The van der Waals surface area contributed by atoms with E-state index < -0.39 is 5.25 Å². The third kappa shape index (κ3) is 6.63. The van der Waals surface area contributed by atoms with E-state index in [1.807, 2.05) is 37.3 Å². The molecule has 7 nitrogen and oxygen atoms in total. The zero-order chi connectivity index (χ0) is 30.4. The predicted octanol–water partition coefficient (Wildman–Crippen LogP) is 8.05. The molecule has 2 unspecified atom stereocenters. The third-order valence-corrected chi connectivity index (χ3v) is 9.16. The van der Waals surface area contributed by atoms with Crippen molar-refractivity contribution in [2.45, 2.75) is 86.9 Å². The molecular formula is C33H37N3O4S2. The number of aromatic amines is 1. The number of nitrogens with one attached hydrogen (secondary N) is 2. The summed E-state index contributed by atoms with van der Waals surface area (Å²) in [6, 6.07) is 18.0. The van der Waals surface area contributed by atoms with E-state index in [2.05, 4.69) is 76.1 Å². The molecule has 2 heterocycles. The topological polar surface area (TPSA) is 104 Å². The standard InChI is InChI=1S/C33H37N3O4S2/c1-18(40-20-10-8-19(9-11-20)14-27-30(38)36-31(39)42-27)29-34-25-13-12-21(17-26(25)35-29)41-22-15-23(32(2,3)4)28(37)24(16-22)33(5,6)7/h8-13,15-18,27,37H,14H2,1-7H3,(H,34,35)(H,36,38,39). The fourth-order valence-corrected chi connectivity index (χ4v) is 6.71. The molecule has 1 aliphatic rings. The molecule has 4 aromatic rings. The Hall–Kier alpha value is -3.43. The minimum absolute atomic E-state index is 0.189. The van der Waals surface area contributed by atoms with Crippen molar-refractivity contribution in [3.8, 4) is 11.5 Å². The summed E-state index contributed by atoms with van der Waals surface area (Å²) in [5, 5.41) is 12.7. The van der Waals surface area contributed by atoms with Crippen LogP contribution in [0.4, 0.5) is 4.79 Å². The lowest BCUT2D eigenvalue weighted by atomic mass is 9.79. The molecule has 1 aromatic heterocycles. The minimum atomic E-state index is -0.392. The number of carbonyl (C=O) groups is 2. The number of nitrogens with zero attached hydrogens (tertiary/aromatic N) is 1. The Morgan fingerprint density at radius 3 is 2.17 bits per heavy atom. The van der Waals surface area contributed by atoms with E-state index in [4.69, 9.17) is 9.72 Å². The van der Waals surface area contributed by atoms with Crippen molar-refractivity contribution in [2.75, 3.05) is 0 Å². The summed E-state index contributed by atoms with van der Waals surface area (Å²) in [7, 11) is 0. The fraction of sp³-hybridized carbons (Fsp3) is 0.364. The molecule has 2 amide bonds.